The van der Waals surface area contributed by atoms with Gasteiger partial charge in [0.15, 0.2) is 22.9 Å². The molecule has 0 fully saturated rings. The van der Waals surface area contributed by atoms with Crippen molar-refractivity contribution in [1.82, 2.24) is 25.2 Å². The van der Waals surface area contributed by atoms with Crippen LogP contribution in [-0.2, 0) is 24.1 Å². The van der Waals surface area contributed by atoms with Crippen LogP contribution in [0.5, 0.6) is 11.5 Å². The number of carbonyl (C=O) groups excluding carboxylic acids is 4. The third-order valence-electron chi connectivity index (χ3n) is 9.05. The van der Waals surface area contributed by atoms with E-state index in [0.717, 1.165) is 22.3 Å². The highest BCUT2D eigenvalue weighted by Crippen LogP contribution is 2.36. The van der Waals surface area contributed by atoms with Crippen molar-refractivity contribution in [3.05, 3.63) is 122 Å². The van der Waals surface area contributed by atoms with E-state index in [-0.39, 0.29) is 54.2 Å². The first-order valence-corrected chi connectivity index (χ1v) is 17.2. The van der Waals surface area contributed by atoms with Crippen LogP contribution in [-0.4, -0.2) is 50.6 Å². The zero-order chi connectivity index (χ0) is 36.7. The van der Waals surface area contributed by atoms with Crippen LogP contribution in [0.25, 0.3) is 5.65 Å². The lowest BCUT2D eigenvalue weighted by Gasteiger charge is -2.21. The summed E-state index contributed by atoms with van der Waals surface area (Å²) >= 11 is 6.34. The van der Waals surface area contributed by atoms with E-state index in [9.17, 15) is 19.2 Å². The van der Waals surface area contributed by atoms with Gasteiger partial charge < -0.3 is 24.8 Å². The third kappa shape index (κ3) is 6.93. The second-order valence-corrected chi connectivity index (χ2v) is 14.2. The Morgan fingerprint density at radius 3 is 2.56 bits per heavy atom. The Bertz CT molecular complexity index is 2280. The first kappa shape index (κ1) is 34.7. The Balaban J connectivity index is 1.19. The molecule has 1 aliphatic carbocycles. The number of ether oxygens (including phenoxy) is 3. The van der Waals surface area contributed by atoms with Crippen LogP contribution >= 0.6 is 11.6 Å². The van der Waals surface area contributed by atoms with Crippen molar-refractivity contribution < 1.29 is 33.4 Å². The summed E-state index contributed by atoms with van der Waals surface area (Å²) < 4.78 is 17.7. The molecular formula is C39H36ClN5O7. The average Bonchev–Trinajstić information content (AvgIpc) is 3.86. The maximum atomic E-state index is 14.1. The summed E-state index contributed by atoms with van der Waals surface area (Å²) in [7, 11) is 0. The minimum absolute atomic E-state index is 0.0190. The standard InChI is InChI=1S/C39H36ClN5O7/c1-21-24-12-13-29(26(24)11-10-25(21)38(49)52-39(2,3)4)44-37(48)31-17-30(36(47)41-18-22-9-14-33-34(15-22)51-20-50-33)43-35-27(19-42-45(31)35)32(46)16-23-7-5-6-8-28(23)40/h5-11,14-15,17,19,29H,12-13,16,18,20H2,1-4H3,(H,41,47)(H,44,48)/t29-/m0/s1. The molecule has 0 unspecified atom stereocenters. The fourth-order valence-electron chi connectivity index (χ4n) is 6.49. The molecule has 12 nitrogen and oxygen atoms in total. The Hall–Kier alpha value is -5.75. The number of rotatable bonds is 9. The molecule has 3 heterocycles. The van der Waals surface area contributed by atoms with Gasteiger partial charge in [0, 0.05) is 24.1 Å². The van der Waals surface area contributed by atoms with Gasteiger partial charge in [0.1, 0.15) is 17.0 Å². The number of benzene rings is 3. The molecule has 2 amide bonds. The van der Waals surface area contributed by atoms with E-state index in [4.69, 9.17) is 25.8 Å². The van der Waals surface area contributed by atoms with Gasteiger partial charge in [-0.1, -0.05) is 41.9 Å². The lowest BCUT2D eigenvalue weighted by molar-refractivity contribution is 0.00682. The van der Waals surface area contributed by atoms with E-state index < -0.39 is 23.4 Å². The number of hydrogen-bond donors (Lipinski definition) is 2. The number of fused-ring (bicyclic) bond motifs is 3. The van der Waals surface area contributed by atoms with Crippen LogP contribution in [0.15, 0.2) is 66.9 Å². The summed E-state index contributed by atoms with van der Waals surface area (Å²) in [4.78, 5) is 58.7. The van der Waals surface area contributed by atoms with Gasteiger partial charge in [0.05, 0.1) is 23.4 Å². The van der Waals surface area contributed by atoms with Crippen molar-refractivity contribution in [2.24, 2.45) is 0 Å². The molecule has 52 heavy (non-hydrogen) atoms. The molecule has 2 aliphatic rings. The maximum Gasteiger partial charge on any atom is 0.338 e. The normalized spacial score (nSPS) is 14.6. The number of ketones is 1. The monoisotopic (exact) mass is 721 g/mol. The zero-order valence-electron chi connectivity index (χ0n) is 29.0. The Labute approximate surface area is 304 Å². The summed E-state index contributed by atoms with van der Waals surface area (Å²) in [5.41, 5.74) is 4.05. The van der Waals surface area contributed by atoms with E-state index in [0.29, 0.717) is 40.5 Å². The summed E-state index contributed by atoms with van der Waals surface area (Å²) in [5.74, 6) is -0.608. The van der Waals surface area contributed by atoms with Crippen molar-refractivity contribution in [2.75, 3.05) is 6.79 Å². The Morgan fingerprint density at radius 2 is 1.77 bits per heavy atom. The lowest BCUT2D eigenvalue weighted by Crippen LogP contribution is -2.31. The second-order valence-electron chi connectivity index (χ2n) is 13.8. The highest BCUT2D eigenvalue weighted by atomic mass is 35.5. The zero-order valence-corrected chi connectivity index (χ0v) is 29.8. The number of Topliss-reactive ketones (excluding diaryl/α,β-unsaturated/α-hetero) is 1. The van der Waals surface area contributed by atoms with Gasteiger partial charge in [-0.2, -0.15) is 5.10 Å². The molecule has 3 aromatic carbocycles. The van der Waals surface area contributed by atoms with E-state index in [1.165, 1.54) is 16.8 Å². The van der Waals surface area contributed by atoms with Crippen molar-refractivity contribution in [1.29, 1.82) is 0 Å². The van der Waals surface area contributed by atoms with Crippen molar-refractivity contribution in [3.63, 3.8) is 0 Å². The minimum atomic E-state index is -0.637. The lowest BCUT2D eigenvalue weighted by atomic mass is 9.97. The third-order valence-corrected chi connectivity index (χ3v) is 9.42. The van der Waals surface area contributed by atoms with Crippen LogP contribution in [0.1, 0.15) is 103 Å². The molecule has 1 atom stereocenters. The number of esters is 1. The number of halogens is 1. The highest BCUT2D eigenvalue weighted by Gasteiger charge is 2.31. The highest BCUT2D eigenvalue weighted by molar-refractivity contribution is 6.31. The molecule has 2 N–H and O–H groups in total. The average molecular weight is 722 g/mol. The molecule has 0 bridgehead atoms. The fraction of sp³-hybridized carbons (Fsp3) is 0.282. The van der Waals surface area contributed by atoms with Crippen molar-refractivity contribution >= 4 is 40.8 Å². The number of nitrogens with one attached hydrogen (secondary N) is 2. The summed E-state index contributed by atoms with van der Waals surface area (Å²) in [6.45, 7) is 7.62. The van der Waals surface area contributed by atoms with Gasteiger partial charge in [0.25, 0.3) is 11.8 Å². The Morgan fingerprint density at radius 1 is 0.981 bits per heavy atom. The summed E-state index contributed by atoms with van der Waals surface area (Å²) in [6.07, 6.45) is 2.55. The van der Waals surface area contributed by atoms with Gasteiger partial charge in [-0.3, -0.25) is 14.4 Å². The predicted molar refractivity (Wildman–Crippen MR) is 191 cm³/mol. The van der Waals surface area contributed by atoms with Crippen LogP contribution in [0, 0.1) is 6.92 Å². The van der Waals surface area contributed by atoms with E-state index >= 15 is 0 Å². The topological polar surface area (TPSA) is 150 Å². The van der Waals surface area contributed by atoms with Gasteiger partial charge >= 0.3 is 5.97 Å². The number of amides is 2. The minimum Gasteiger partial charge on any atom is -0.456 e. The molecule has 0 saturated heterocycles. The van der Waals surface area contributed by atoms with Crippen LogP contribution < -0.4 is 20.1 Å². The molecular weight excluding hydrogens is 686 g/mol. The molecule has 0 radical (unpaired) electrons. The van der Waals surface area contributed by atoms with Gasteiger partial charge in [0.2, 0.25) is 6.79 Å². The first-order valence-electron chi connectivity index (χ1n) is 16.8. The predicted octanol–water partition coefficient (Wildman–Crippen LogP) is 6.15. The van der Waals surface area contributed by atoms with Crippen LogP contribution in [0.3, 0.4) is 0 Å². The first-order chi connectivity index (χ1) is 24.9. The van der Waals surface area contributed by atoms with Gasteiger partial charge in [-0.25, -0.2) is 14.3 Å². The molecule has 0 saturated carbocycles. The number of aromatic nitrogens is 3. The second kappa shape index (κ2) is 13.8. The molecule has 0 spiro atoms. The quantitative estimate of drug-likeness (QED) is 0.135. The van der Waals surface area contributed by atoms with E-state index in [1.807, 2.05) is 39.8 Å². The van der Waals surface area contributed by atoms with Gasteiger partial charge in [-0.05, 0) is 92.6 Å². The van der Waals surface area contributed by atoms with Gasteiger partial charge in [-0.15, -0.1) is 0 Å². The maximum absolute atomic E-state index is 14.1. The molecule has 1 aliphatic heterocycles. The molecule has 13 heteroatoms. The van der Waals surface area contributed by atoms with E-state index in [2.05, 4.69) is 20.7 Å². The molecule has 266 valence electrons. The van der Waals surface area contributed by atoms with Crippen LogP contribution in [0.4, 0.5) is 0 Å². The number of carbonyl (C=O) groups is 4. The fourth-order valence-corrected chi connectivity index (χ4v) is 6.69. The number of hydrogen-bond acceptors (Lipinski definition) is 9. The largest absolute Gasteiger partial charge is 0.456 e. The van der Waals surface area contributed by atoms with Crippen molar-refractivity contribution in [3.8, 4) is 11.5 Å². The molecule has 2 aromatic heterocycles. The smallest absolute Gasteiger partial charge is 0.338 e. The molecule has 7 rings (SSSR count). The number of nitrogens with zero attached hydrogens (tertiary/aromatic N) is 3. The molecule has 5 aromatic rings. The summed E-state index contributed by atoms with van der Waals surface area (Å²) in [6, 6.07) is 16.9. The Kier molecular flexibility index (Phi) is 9.18. The summed E-state index contributed by atoms with van der Waals surface area (Å²) in [5, 5.41) is 10.7. The van der Waals surface area contributed by atoms with Crippen molar-refractivity contribution in [2.45, 2.75) is 65.1 Å². The van der Waals surface area contributed by atoms with Crippen LogP contribution in [0.2, 0.25) is 5.02 Å². The van der Waals surface area contributed by atoms with E-state index in [1.54, 1.807) is 42.5 Å². The SMILES string of the molecule is Cc1c(C(=O)OC(C)(C)C)ccc2c1CC[C@@H]2NC(=O)c1cc(C(=O)NCc2ccc3c(c2)OCO3)nc2c(C(=O)Cc3ccccc3Cl)cnn12.